The molecule has 0 aromatic heterocycles. The number of nitrogens with one attached hydrogen (secondary N) is 1. The predicted octanol–water partition coefficient (Wildman–Crippen LogP) is 1.96. The van der Waals surface area contributed by atoms with Gasteiger partial charge in [-0.05, 0) is 55.1 Å². The normalized spacial score (nSPS) is 22.2. The lowest BCUT2D eigenvalue weighted by molar-refractivity contribution is -0.126. The van der Waals surface area contributed by atoms with Crippen LogP contribution in [0.25, 0.3) is 0 Å². The maximum Gasteiger partial charge on any atom is 0.223 e. The number of carbonyl (C=O) groups excluding carboxylic acids is 1. The molecule has 3 aliphatic rings. The van der Waals surface area contributed by atoms with Crippen LogP contribution in [0.15, 0.2) is 24.3 Å². The van der Waals surface area contributed by atoms with Crippen LogP contribution < -0.4 is 5.32 Å². The highest BCUT2D eigenvalue weighted by molar-refractivity contribution is 5.80. The summed E-state index contributed by atoms with van der Waals surface area (Å²) in [4.78, 5) is 14.7. The number of hydrogen-bond donors (Lipinski definition) is 2. The minimum atomic E-state index is -0.488. The van der Waals surface area contributed by atoms with E-state index in [1.54, 1.807) is 0 Å². The maximum absolute atomic E-state index is 12.4. The van der Waals surface area contributed by atoms with Crippen LogP contribution in [0.3, 0.4) is 0 Å². The Hall–Kier alpha value is -1.39. The molecule has 2 saturated carbocycles. The van der Waals surface area contributed by atoms with Crippen molar-refractivity contribution in [2.24, 2.45) is 17.8 Å². The van der Waals surface area contributed by atoms with Crippen molar-refractivity contribution in [3.05, 3.63) is 35.4 Å². The number of aliphatic hydroxyl groups is 1. The third-order valence-corrected chi connectivity index (χ3v) is 5.75. The molecule has 2 aliphatic carbocycles. The molecule has 24 heavy (non-hydrogen) atoms. The van der Waals surface area contributed by atoms with Gasteiger partial charge < -0.3 is 10.4 Å². The van der Waals surface area contributed by atoms with Crippen molar-refractivity contribution in [3.8, 4) is 0 Å². The third-order valence-electron chi connectivity index (χ3n) is 5.75. The topological polar surface area (TPSA) is 52.6 Å². The average Bonchev–Trinajstić information content (AvgIpc) is 3.48. The zero-order valence-electron chi connectivity index (χ0n) is 14.3. The Bertz CT molecular complexity index is 583. The molecule has 1 atom stereocenters. The highest BCUT2D eigenvalue weighted by atomic mass is 16.3. The summed E-state index contributed by atoms with van der Waals surface area (Å²) in [5, 5.41) is 13.4. The summed E-state index contributed by atoms with van der Waals surface area (Å²) in [5.74, 6) is 1.64. The van der Waals surface area contributed by atoms with Crippen LogP contribution in [0.1, 0.15) is 36.8 Å². The molecule has 1 aliphatic heterocycles. The highest BCUT2D eigenvalue weighted by Crippen LogP contribution is 2.49. The number of β-amino-alcohol motifs (C(OH)–C–C–N with tert-alkyl or cyclic N) is 1. The monoisotopic (exact) mass is 328 g/mol. The molecule has 1 amide bonds. The van der Waals surface area contributed by atoms with E-state index in [0.29, 0.717) is 24.9 Å². The fraction of sp³-hybridized carbons (Fsp3) is 0.650. The molecule has 2 fully saturated rings. The van der Waals surface area contributed by atoms with Gasteiger partial charge in [-0.15, -0.1) is 0 Å². The molecule has 2 N–H and O–H groups in total. The van der Waals surface area contributed by atoms with Gasteiger partial charge >= 0.3 is 0 Å². The first-order valence-corrected chi connectivity index (χ1v) is 9.45. The average molecular weight is 328 g/mol. The van der Waals surface area contributed by atoms with Crippen LogP contribution in [0.4, 0.5) is 0 Å². The van der Waals surface area contributed by atoms with Gasteiger partial charge in [-0.25, -0.2) is 0 Å². The number of aliphatic hydroxyl groups excluding tert-OH is 1. The number of hydrogen-bond acceptors (Lipinski definition) is 3. The number of benzene rings is 1. The number of carbonyl (C=O) groups is 1. The van der Waals surface area contributed by atoms with Gasteiger partial charge in [0.2, 0.25) is 5.91 Å². The summed E-state index contributed by atoms with van der Waals surface area (Å²) in [6.07, 6.45) is 5.41. The first-order valence-electron chi connectivity index (χ1n) is 9.45. The van der Waals surface area contributed by atoms with Crippen LogP contribution in [0.5, 0.6) is 0 Å². The molecule has 1 aromatic carbocycles. The van der Waals surface area contributed by atoms with E-state index >= 15 is 0 Å². The quantitative estimate of drug-likeness (QED) is 0.804. The molecule has 130 valence electrons. The van der Waals surface area contributed by atoms with Crippen LogP contribution in [0, 0.1) is 17.8 Å². The second-order valence-corrected chi connectivity index (χ2v) is 7.85. The van der Waals surface area contributed by atoms with Crippen LogP contribution in [0.2, 0.25) is 0 Å². The Morgan fingerprint density at radius 3 is 2.50 bits per heavy atom. The first-order chi connectivity index (χ1) is 11.7. The van der Waals surface area contributed by atoms with E-state index in [-0.39, 0.29) is 11.8 Å². The van der Waals surface area contributed by atoms with Crippen molar-refractivity contribution in [3.63, 3.8) is 0 Å². The van der Waals surface area contributed by atoms with E-state index in [9.17, 15) is 9.90 Å². The Kier molecular flexibility index (Phi) is 4.59. The van der Waals surface area contributed by atoms with Crippen molar-refractivity contribution in [1.29, 1.82) is 0 Å². The zero-order chi connectivity index (χ0) is 16.5. The van der Waals surface area contributed by atoms with Gasteiger partial charge in [0.1, 0.15) is 0 Å². The molecular weight excluding hydrogens is 300 g/mol. The second-order valence-electron chi connectivity index (χ2n) is 7.85. The van der Waals surface area contributed by atoms with E-state index in [1.807, 2.05) is 0 Å². The fourth-order valence-electron chi connectivity index (χ4n) is 4.13. The summed E-state index contributed by atoms with van der Waals surface area (Å²) in [6.45, 7) is 2.89. The van der Waals surface area contributed by atoms with E-state index in [1.165, 1.54) is 36.8 Å². The van der Waals surface area contributed by atoms with Gasteiger partial charge in [0.05, 0.1) is 6.10 Å². The molecule has 1 heterocycles. The van der Waals surface area contributed by atoms with Crippen molar-refractivity contribution >= 4 is 5.91 Å². The third kappa shape index (κ3) is 3.81. The van der Waals surface area contributed by atoms with Crippen molar-refractivity contribution in [2.45, 2.75) is 44.8 Å². The van der Waals surface area contributed by atoms with E-state index < -0.39 is 6.10 Å². The van der Waals surface area contributed by atoms with E-state index in [4.69, 9.17) is 0 Å². The Labute approximate surface area is 144 Å². The molecule has 4 nitrogen and oxygen atoms in total. The van der Waals surface area contributed by atoms with E-state index in [0.717, 1.165) is 19.5 Å². The van der Waals surface area contributed by atoms with Crippen LogP contribution in [-0.2, 0) is 17.8 Å². The lowest BCUT2D eigenvalue weighted by Crippen LogP contribution is -2.43. The SMILES string of the molecule is O=C(NCC(O)CN1CCc2ccccc2C1)C(C1CC1)C1CC1. The van der Waals surface area contributed by atoms with Crippen molar-refractivity contribution < 1.29 is 9.90 Å². The standard InChI is InChI=1S/C20H28N2O2/c23-18(11-21-20(24)19(15-5-6-15)16-7-8-16)13-22-10-9-14-3-1-2-4-17(14)12-22/h1-4,15-16,18-19,23H,5-13H2,(H,21,24). The summed E-state index contributed by atoms with van der Waals surface area (Å²) in [5.41, 5.74) is 2.79. The molecular formula is C20H28N2O2. The van der Waals surface area contributed by atoms with Gasteiger partial charge in [0.15, 0.2) is 0 Å². The first kappa shape index (κ1) is 16.1. The van der Waals surface area contributed by atoms with Gasteiger partial charge in [-0.2, -0.15) is 0 Å². The van der Waals surface area contributed by atoms with Gasteiger partial charge in [0, 0.05) is 32.1 Å². The highest BCUT2D eigenvalue weighted by Gasteiger charge is 2.45. The summed E-state index contributed by atoms with van der Waals surface area (Å²) in [6, 6.07) is 8.54. The molecule has 0 bridgehead atoms. The maximum atomic E-state index is 12.4. The number of rotatable bonds is 7. The zero-order valence-corrected chi connectivity index (χ0v) is 14.3. The van der Waals surface area contributed by atoms with Crippen molar-refractivity contribution in [2.75, 3.05) is 19.6 Å². The lowest BCUT2D eigenvalue weighted by atomic mass is 9.97. The molecule has 4 rings (SSSR count). The number of amides is 1. The molecule has 0 radical (unpaired) electrons. The predicted molar refractivity (Wildman–Crippen MR) is 93.4 cm³/mol. The van der Waals surface area contributed by atoms with Gasteiger partial charge in [0.25, 0.3) is 0 Å². The van der Waals surface area contributed by atoms with Crippen LogP contribution >= 0.6 is 0 Å². The van der Waals surface area contributed by atoms with E-state index in [2.05, 4.69) is 34.5 Å². The molecule has 1 aromatic rings. The lowest BCUT2D eigenvalue weighted by Gasteiger charge is -2.30. The van der Waals surface area contributed by atoms with Crippen LogP contribution in [-0.4, -0.2) is 41.7 Å². The number of nitrogens with zero attached hydrogens (tertiary/aromatic N) is 1. The Morgan fingerprint density at radius 1 is 1.17 bits per heavy atom. The largest absolute Gasteiger partial charge is 0.390 e. The summed E-state index contributed by atoms with van der Waals surface area (Å²) >= 11 is 0. The molecule has 0 saturated heterocycles. The molecule has 4 heteroatoms. The van der Waals surface area contributed by atoms with Crippen molar-refractivity contribution in [1.82, 2.24) is 10.2 Å². The molecule has 1 unspecified atom stereocenters. The second kappa shape index (κ2) is 6.85. The minimum Gasteiger partial charge on any atom is -0.390 e. The Balaban J connectivity index is 1.23. The Morgan fingerprint density at radius 2 is 1.83 bits per heavy atom. The smallest absolute Gasteiger partial charge is 0.223 e. The summed E-state index contributed by atoms with van der Waals surface area (Å²) < 4.78 is 0. The summed E-state index contributed by atoms with van der Waals surface area (Å²) in [7, 11) is 0. The van der Waals surface area contributed by atoms with Gasteiger partial charge in [-0.1, -0.05) is 24.3 Å². The molecule has 0 spiro atoms. The fourth-order valence-corrected chi connectivity index (χ4v) is 4.13. The minimum absolute atomic E-state index is 0.183. The number of fused-ring (bicyclic) bond motifs is 1. The van der Waals surface area contributed by atoms with Gasteiger partial charge in [-0.3, -0.25) is 9.69 Å².